The number of halogens is 3. The number of pyridine rings is 1. The molecule has 13 heteroatoms. The summed E-state index contributed by atoms with van der Waals surface area (Å²) < 4.78 is 45.6. The Bertz CT molecular complexity index is 1020. The van der Waals surface area contributed by atoms with Crippen molar-refractivity contribution >= 4 is 12.2 Å². The van der Waals surface area contributed by atoms with E-state index in [4.69, 9.17) is 27.8 Å². The van der Waals surface area contributed by atoms with Crippen LogP contribution in [-0.2, 0) is 16.0 Å². The summed E-state index contributed by atoms with van der Waals surface area (Å²) in [6.45, 7) is 1.53. The molecule has 198 valence electrons. The molecule has 0 saturated heterocycles. The third-order valence-corrected chi connectivity index (χ3v) is 5.04. The van der Waals surface area contributed by atoms with E-state index in [0.29, 0.717) is 29.1 Å². The van der Waals surface area contributed by atoms with Crippen LogP contribution in [0.15, 0.2) is 47.7 Å². The Morgan fingerprint density at radius 3 is 2.64 bits per heavy atom. The molecule has 1 amide bonds. The summed E-state index contributed by atoms with van der Waals surface area (Å²) >= 11 is 0. The molecule has 1 heterocycles. The van der Waals surface area contributed by atoms with Crippen LogP contribution < -0.4 is 33.1 Å². The van der Waals surface area contributed by atoms with Gasteiger partial charge in [-0.1, -0.05) is 0 Å². The molecule has 0 bridgehead atoms. The number of nitrogens with two attached hydrogens (primary N) is 4. The third kappa shape index (κ3) is 10.3. The van der Waals surface area contributed by atoms with Crippen molar-refractivity contribution in [1.29, 1.82) is 0 Å². The molecule has 0 aromatic carbocycles. The van der Waals surface area contributed by atoms with Gasteiger partial charge < -0.3 is 32.3 Å². The van der Waals surface area contributed by atoms with Crippen molar-refractivity contribution in [2.24, 2.45) is 23.0 Å². The van der Waals surface area contributed by atoms with Crippen LogP contribution in [-0.4, -0.2) is 46.9 Å². The lowest BCUT2D eigenvalue weighted by molar-refractivity contribution is -0.134. The summed E-state index contributed by atoms with van der Waals surface area (Å²) in [6.07, 6.45) is 1.91. The Balaban J connectivity index is 1.81. The number of ether oxygens (including phenoxy) is 1. The third-order valence-electron chi connectivity index (χ3n) is 5.04. The maximum Gasteiger partial charge on any atom is 0.255 e. The summed E-state index contributed by atoms with van der Waals surface area (Å²) in [5.41, 5.74) is 18.1. The number of hydrogen-bond donors (Lipinski definition) is 5. The molecule has 1 saturated carbocycles. The zero-order valence-electron chi connectivity index (χ0n) is 19.9. The minimum atomic E-state index is -2.69. The molecule has 1 fully saturated rings. The van der Waals surface area contributed by atoms with E-state index < -0.39 is 24.1 Å². The summed E-state index contributed by atoms with van der Waals surface area (Å²) in [4.78, 5) is 27.0. The molecular formula is C23H32F3N7O3. The number of amides is 1. The Hall–Kier alpha value is -3.74. The Kier molecular flexibility index (Phi) is 10.1. The molecule has 1 aromatic rings. The highest BCUT2D eigenvalue weighted by Crippen LogP contribution is 2.39. The van der Waals surface area contributed by atoms with Crippen LogP contribution in [0.1, 0.15) is 37.1 Å². The fraction of sp³-hybridized carbons (Fsp3) is 0.435. The van der Waals surface area contributed by atoms with E-state index in [9.17, 15) is 22.8 Å². The molecule has 1 aromatic heterocycles. The van der Waals surface area contributed by atoms with Crippen molar-refractivity contribution in [3.05, 3.63) is 59.1 Å². The first-order valence-corrected chi connectivity index (χ1v) is 11.2. The summed E-state index contributed by atoms with van der Waals surface area (Å²) in [5.74, 6) is 2.78. The molecular weight excluding hydrogens is 479 g/mol. The highest BCUT2D eigenvalue weighted by molar-refractivity contribution is 5.79. The summed E-state index contributed by atoms with van der Waals surface area (Å²) in [5, 5.41) is 3.46. The quantitative estimate of drug-likeness (QED) is 0.0855. The van der Waals surface area contributed by atoms with Crippen molar-refractivity contribution in [2.75, 3.05) is 6.54 Å². The first kappa shape index (κ1) is 28.5. The number of rotatable bonds is 13. The van der Waals surface area contributed by atoms with Crippen LogP contribution in [0.5, 0.6) is 5.75 Å². The van der Waals surface area contributed by atoms with Crippen molar-refractivity contribution < 1.29 is 27.5 Å². The molecule has 0 spiro atoms. The predicted molar refractivity (Wildman–Crippen MR) is 127 cm³/mol. The first-order chi connectivity index (χ1) is 16.8. The predicted octanol–water partition coefficient (Wildman–Crippen LogP) is 1.16. The molecule has 2 rings (SSSR count). The number of nitrogens with zero attached hydrogens (tertiary/aromatic N) is 2. The van der Waals surface area contributed by atoms with Crippen molar-refractivity contribution in [1.82, 2.24) is 15.3 Å². The van der Waals surface area contributed by atoms with E-state index >= 15 is 0 Å². The van der Waals surface area contributed by atoms with Crippen molar-refractivity contribution in [3.63, 3.8) is 0 Å². The number of aryl methyl sites for hydroxylation is 1. The van der Waals surface area contributed by atoms with Gasteiger partial charge in [-0.05, 0) is 31.9 Å². The van der Waals surface area contributed by atoms with Gasteiger partial charge in [-0.2, -0.15) is 0 Å². The van der Waals surface area contributed by atoms with Gasteiger partial charge in [0.1, 0.15) is 23.8 Å². The van der Waals surface area contributed by atoms with Gasteiger partial charge in [0, 0.05) is 42.6 Å². The smallest absolute Gasteiger partial charge is 0.255 e. The maximum absolute atomic E-state index is 14.0. The van der Waals surface area contributed by atoms with Gasteiger partial charge in [-0.3, -0.25) is 14.6 Å². The van der Waals surface area contributed by atoms with Crippen molar-refractivity contribution in [3.8, 4) is 5.75 Å². The number of aromatic nitrogens is 1. The highest BCUT2D eigenvalue weighted by Gasteiger charge is 2.47. The molecule has 1 aliphatic rings. The van der Waals surface area contributed by atoms with E-state index in [-0.39, 0.29) is 50.2 Å². The average Bonchev–Trinajstić information content (AvgIpc) is 2.74. The average molecular weight is 512 g/mol. The lowest BCUT2D eigenvalue weighted by Crippen LogP contribution is -2.43. The Morgan fingerprint density at radius 1 is 1.31 bits per heavy atom. The molecule has 1 aliphatic carbocycles. The van der Waals surface area contributed by atoms with E-state index in [1.54, 1.807) is 13.0 Å². The van der Waals surface area contributed by atoms with Crippen LogP contribution >= 0.6 is 0 Å². The van der Waals surface area contributed by atoms with Crippen LogP contribution in [0.4, 0.5) is 13.2 Å². The number of nitrogens with one attached hydrogen (secondary N) is 1. The van der Waals surface area contributed by atoms with Crippen LogP contribution in [0.3, 0.4) is 0 Å². The van der Waals surface area contributed by atoms with Crippen molar-refractivity contribution in [2.45, 2.75) is 57.2 Å². The second kappa shape index (κ2) is 12.8. The summed E-state index contributed by atoms with van der Waals surface area (Å²) in [7, 11) is 0. The van der Waals surface area contributed by atoms with Gasteiger partial charge in [-0.15, -0.1) is 0 Å². The molecule has 36 heavy (non-hydrogen) atoms. The number of allylic oxidation sites excluding steroid dienone is 4. The first-order valence-electron chi connectivity index (χ1n) is 11.2. The lowest BCUT2D eigenvalue weighted by Gasteiger charge is -2.34. The largest absolute Gasteiger partial charge is 0.490 e. The normalized spacial score (nSPS) is 17.2. The Morgan fingerprint density at radius 2 is 2.00 bits per heavy atom. The number of carbonyl (C=O) groups excluding carboxylic acids is 2. The number of carbonyl (C=O) groups is 2. The van der Waals surface area contributed by atoms with E-state index in [1.165, 1.54) is 18.2 Å². The fourth-order valence-corrected chi connectivity index (χ4v) is 3.35. The second-order valence-electron chi connectivity index (χ2n) is 8.61. The van der Waals surface area contributed by atoms with Gasteiger partial charge in [-0.25, -0.2) is 19.0 Å². The Labute approximate surface area is 207 Å². The number of alkyl halides is 3. The monoisotopic (exact) mass is 511 g/mol. The molecule has 0 aliphatic heterocycles. The van der Waals surface area contributed by atoms with E-state index in [2.05, 4.69) is 10.3 Å². The minimum absolute atomic E-state index is 0.0168. The second-order valence-corrected chi connectivity index (χ2v) is 8.61. The molecule has 0 radical (unpaired) electrons. The SMILES string of the molecule is Cc1cc(OC2CC(F)(F)C2)cc(CC(=O)N/C(N)=C/C=C(\N)CCC(F)CN(N)/C=C(\N)C=O)n1. The van der Waals surface area contributed by atoms with Gasteiger partial charge in [0.2, 0.25) is 5.91 Å². The van der Waals surface area contributed by atoms with Crippen LogP contribution in [0.25, 0.3) is 0 Å². The van der Waals surface area contributed by atoms with Gasteiger partial charge in [0.25, 0.3) is 5.92 Å². The standard InChI is InChI=1S/C23H32F3N7O3/c1-14-6-19(36-20-9-23(25,26)10-20)7-18(31-14)8-22(35)32-21(29)5-4-16(27)3-2-15(24)11-33(30)12-17(28)13-34/h4-7,12-13,15,20H,2-3,8-11,27-30H2,1H3,(H,32,35)/b16-4-,17-12-,21-5+. The lowest BCUT2D eigenvalue weighted by atomic mass is 9.91. The number of aldehydes is 1. The van der Waals surface area contributed by atoms with Crippen LogP contribution in [0.2, 0.25) is 0 Å². The molecule has 1 unspecified atom stereocenters. The number of hydrazine groups is 1. The fourth-order valence-electron chi connectivity index (χ4n) is 3.35. The van der Waals surface area contributed by atoms with Crippen LogP contribution in [0, 0.1) is 6.92 Å². The van der Waals surface area contributed by atoms with E-state index in [0.717, 1.165) is 11.2 Å². The van der Waals surface area contributed by atoms with Gasteiger partial charge in [0.05, 0.1) is 24.4 Å². The topological polar surface area (TPSA) is 176 Å². The molecule has 9 N–H and O–H groups in total. The summed E-state index contributed by atoms with van der Waals surface area (Å²) in [6, 6.07) is 3.14. The zero-order valence-corrected chi connectivity index (χ0v) is 19.9. The molecule has 10 nitrogen and oxygen atoms in total. The van der Waals surface area contributed by atoms with Gasteiger partial charge >= 0.3 is 0 Å². The highest BCUT2D eigenvalue weighted by atomic mass is 19.3. The van der Waals surface area contributed by atoms with E-state index in [1.807, 2.05) is 0 Å². The number of hydrogen-bond acceptors (Lipinski definition) is 9. The minimum Gasteiger partial charge on any atom is -0.490 e. The van der Waals surface area contributed by atoms with Gasteiger partial charge in [0.15, 0.2) is 6.29 Å². The zero-order chi connectivity index (χ0) is 26.9. The maximum atomic E-state index is 14.0. The molecule has 1 atom stereocenters.